The van der Waals surface area contributed by atoms with E-state index in [0.29, 0.717) is 28.4 Å². The number of halogens is 5. The number of hydrogen-bond donors (Lipinski definition) is 2. The molecule has 0 saturated carbocycles. The SMILES string of the molecule is CC(C(C=Nc1ccc(F)cc1F)=CN)c1cc(-c2cnc(C(F)(F)F)nc2)c2c(N)ncnn12. The summed E-state index contributed by atoms with van der Waals surface area (Å²) in [4.78, 5) is 14.8. The highest BCUT2D eigenvalue weighted by Crippen LogP contribution is 2.35. The van der Waals surface area contributed by atoms with Gasteiger partial charge in [0.05, 0.1) is 11.4 Å². The molecule has 0 radical (unpaired) electrons. The van der Waals surface area contributed by atoms with Crippen molar-refractivity contribution in [2.24, 2.45) is 10.7 Å². The Morgan fingerprint density at radius 2 is 1.83 bits per heavy atom. The third-order valence-electron chi connectivity index (χ3n) is 5.23. The van der Waals surface area contributed by atoms with E-state index >= 15 is 0 Å². The van der Waals surface area contributed by atoms with Crippen molar-refractivity contribution in [1.82, 2.24) is 24.6 Å². The van der Waals surface area contributed by atoms with Gasteiger partial charge in [0.15, 0.2) is 11.6 Å². The van der Waals surface area contributed by atoms with Gasteiger partial charge in [0.25, 0.3) is 0 Å². The molecule has 0 aliphatic heterocycles. The summed E-state index contributed by atoms with van der Waals surface area (Å²) in [5.41, 5.74) is 13.7. The molecule has 0 amide bonds. The van der Waals surface area contributed by atoms with Gasteiger partial charge in [0, 0.05) is 41.7 Å². The van der Waals surface area contributed by atoms with Crippen LogP contribution in [0.2, 0.25) is 0 Å². The summed E-state index contributed by atoms with van der Waals surface area (Å²) in [5.74, 6) is -3.27. The van der Waals surface area contributed by atoms with Gasteiger partial charge >= 0.3 is 6.18 Å². The summed E-state index contributed by atoms with van der Waals surface area (Å²) in [6.07, 6.45) is 1.19. The zero-order valence-corrected chi connectivity index (χ0v) is 18.0. The molecule has 4 aromatic rings. The van der Waals surface area contributed by atoms with E-state index in [4.69, 9.17) is 11.5 Å². The summed E-state index contributed by atoms with van der Waals surface area (Å²) in [6.45, 7) is 1.76. The Balaban J connectivity index is 1.76. The Morgan fingerprint density at radius 3 is 2.46 bits per heavy atom. The quantitative estimate of drug-likeness (QED) is 0.317. The number of aliphatic imine (C=N–C) groups is 1. The Bertz CT molecular complexity index is 1440. The highest BCUT2D eigenvalue weighted by Gasteiger charge is 2.34. The minimum absolute atomic E-state index is 0.0775. The number of alkyl halides is 3. The molecule has 8 nitrogen and oxygen atoms in total. The lowest BCUT2D eigenvalue weighted by molar-refractivity contribution is -0.144. The number of anilines is 1. The maximum Gasteiger partial charge on any atom is 0.451 e. The molecule has 35 heavy (non-hydrogen) atoms. The van der Waals surface area contributed by atoms with Crippen LogP contribution in [0, 0.1) is 11.6 Å². The predicted octanol–water partition coefficient (Wildman–Crippen LogP) is 4.41. The molecule has 13 heteroatoms. The van der Waals surface area contributed by atoms with Gasteiger partial charge in [-0.25, -0.2) is 28.2 Å². The number of rotatable bonds is 5. The van der Waals surface area contributed by atoms with Crippen LogP contribution in [-0.4, -0.2) is 30.8 Å². The molecule has 0 aliphatic rings. The standard InChI is InChI=1S/C22H17F5N8/c1-11(12(6-28)7-30-17-3-2-14(23)4-16(17)24)18-5-15(19-20(29)33-10-34-35(18)19)13-8-31-21(32-9-13)22(25,26)27/h2-11H,28H2,1H3,(H2,29,33,34). The first-order chi connectivity index (χ1) is 16.6. The van der Waals surface area contributed by atoms with Crippen LogP contribution < -0.4 is 11.5 Å². The third-order valence-corrected chi connectivity index (χ3v) is 5.23. The van der Waals surface area contributed by atoms with Gasteiger partial charge in [0.1, 0.15) is 17.7 Å². The fourth-order valence-corrected chi connectivity index (χ4v) is 3.43. The van der Waals surface area contributed by atoms with Crippen molar-refractivity contribution in [3.8, 4) is 11.1 Å². The third kappa shape index (κ3) is 4.65. The molecule has 4 N–H and O–H groups in total. The van der Waals surface area contributed by atoms with Gasteiger partial charge in [-0.05, 0) is 30.0 Å². The molecular formula is C22H17F5N8. The Labute approximate surface area is 194 Å². The maximum absolute atomic E-state index is 14.0. The molecule has 1 aromatic carbocycles. The summed E-state index contributed by atoms with van der Waals surface area (Å²) in [5, 5.41) is 4.22. The summed E-state index contributed by atoms with van der Waals surface area (Å²) in [6, 6.07) is 4.61. The molecule has 4 rings (SSSR count). The summed E-state index contributed by atoms with van der Waals surface area (Å²) < 4.78 is 67.2. The average molecular weight is 488 g/mol. The average Bonchev–Trinajstić information content (AvgIpc) is 3.21. The number of aromatic nitrogens is 5. The Hall–Kier alpha value is -4.42. The first kappa shape index (κ1) is 23.7. The van der Waals surface area contributed by atoms with Crippen LogP contribution in [-0.2, 0) is 6.18 Å². The molecule has 0 spiro atoms. The molecule has 0 bridgehead atoms. The van der Waals surface area contributed by atoms with Gasteiger partial charge < -0.3 is 11.5 Å². The number of allylic oxidation sites excluding steroid dienone is 1. The van der Waals surface area contributed by atoms with Gasteiger partial charge in [-0.1, -0.05) is 6.92 Å². The van der Waals surface area contributed by atoms with E-state index in [1.54, 1.807) is 13.0 Å². The fourth-order valence-electron chi connectivity index (χ4n) is 3.43. The zero-order valence-electron chi connectivity index (χ0n) is 18.0. The number of benzene rings is 1. The van der Waals surface area contributed by atoms with E-state index < -0.39 is 29.6 Å². The first-order valence-electron chi connectivity index (χ1n) is 10.0. The monoisotopic (exact) mass is 488 g/mol. The lowest BCUT2D eigenvalue weighted by Gasteiger charge is -2.12. The second-order valence-corrected chi connectivity index (χ2v) is 7.42. The Kier molecular flexibility index (Phi) is 6.16. The van der Waals surface area contributed by atoms with Crippen molar-refractivity contribution in [2.45, 2.75) is 19.0 Å². The minimum atomic E-state index is -4.69. The first-order valence-corrected chi connectivity index (χ1v) is 10.0. The van der Waals surface area contributed by atoms with Gasteiger partial charge in [-0.15, -0.1) is 0 Å². The lowest BCUT2D eigenvalue weighted by Crippen LogP contribution is -2.10. The van der Waals surface area contributed by atoms with Crippen LogP contribution in [0.3, 0.4) is 0 Å². The Morgan fingerprint density at radius 1 is 1.11 bits per heavy atom. The van der Waals surface area contributed by atoms with Crippen molar-refractivity contribution in [3.63, 3.8) is 0 Å². The van der Waals surface area contributed by atoms with Crippen LogP contribution in [0.5, 0.6) is 0 Å². The van der Waals surface area contributed by atoms with Gasteiger partial charge in [0.2, 0.25) is 5.82 Å². The summed E-state index contributed by atoms with van der Waals surface area (Å²) in [7, 11) is 0. The number of nitrogens with two attached hydrogens (primary N) is 2. The molecule has 180 valence electrons. The molecule has 0 aliphatic carbocycles. The fraction of sp³-hybridized carbons (Fsp3) is 0.136. The number of nitrogens with zero attached hydrogens (tertiary/aromatic N) is 6. The van der Waals surface area contributed by atoms with Crippen LogP contribution in [0.1, 0.15) is 24.4 Å². The van der Waals surface area contributed by atoms with E-state index in [1.807, 2.05) is 0 Å². The van der Waals surface area contributed by atoms with Crippen LogP contribution >= 0.6 is 0 Å². The normalized spacial score (nSPS) is 13.6. The van der Waals surface area contributed by atoms with Crippen LogP contribution in [0.25, 0.3) is 16.6 Å². The zero-order chi connectivity index (χ0) is 25.3. The minimum Gasteiger partial charge on any atom is -0.404 e. The molecular weight excluding hydrogens is 471 g/mol. The second-order valence-electron chi connectivity index (χ2n) is 7.42. The summed E-state index contributed by atoms with van der Waals surface area (Å²) >= 11 is 0. The molecule has 1 unspecified atom stereocenters. The highest BCUT2D eigenvalue weighted by molar-refractivity contribution is 5.89. The van der Waals surface area contributed by atoms with E-state index in [-0.39, 0.29) is 17.1 Å². The maximum atomic E-state index is 14.0. The molecule has 3 aromatic heterocycles. The van der Waals surface area contributed by atoms with E-state index in [9.17, 15) is 22.0 Å². The van der Waals surface area contributed by atoms with Crippen molar-refractivity contribution >= 4 is 23.2 Å². The van der Waals surface area contributed by atoms with Crippen molar-refractivity contribution in [3.05, 3.63) is 77.9 Å². The van der Waals surface area contributed by atoms with Gasteiger partial charge in [-0.3, -0.25) is 4.99 Å². The number of nitrogen functional groups attached to an aromatic ring is 1. The van der Waals surface area contributed by atoms with Crippen LogP contribution in [0.4, 0.5) is 33.5 Å². The van der Waals surface area contributed by atoms with Crippen molar-refractivity contribution in [1.29, 1.82) is 0 Å². The molecule has 1 atom stereocenters. The van der Waals surface area contributed by atoms with E-state index in [0.717, 1.165) is 18.5 Å². The van der Waals surface area contributed by atoms with Crippen molar-refractivity contribution in [2.75, 3.05) is 5.73 Å². The van der Waals surface area contributed by atoms with Gasteiger partial charge in [-0.2, -0.15) is 18.3 Å². The topological polar surface area (TPSA) is 120 Å². The molecule has 0 saturated heterocycles. The smallest absolute Gasteiger partial charge is 0.404 e. The molecule has 3 heterocycles. The van der Waals surface area contributed by atoms with E-state index in [1.165, 1.54) is 29.3 Å². The van der Waals surface area contributed by atoms with Crippen LogP contribution in [0.15, 0.2) is 59.8 Å². The predicted molar refractivity (Wildman–Crippen MR) is 119 cm³/mol. The number of fused-ring (bicyclic) bond motifs is 1. The largest absolute Gasteiger partial charge is 0.451 e. The number of hydrogen-bond acceptors (Lipinski definition) is 7. The second kappa shape index (κ2) is 9.08. The lowest BCUT2D eigenvalue weighted by atomic mass is 9.98. The highest BCUT2D eigenvalue weighted by atomic mass is 19.4. The molecule has 0 fully saturated rings. The van der Waals surface area contributed by atoms with E-state index in [2.05, 4.69) is 25.0 Å². The van der Waals surface area contributed by atoms with Crippen molar-refractivity contribution < 1.29 is 22.0 Å².